The Bertz CT molecular complexity index is 330. The van der Waals surface area contributed by atoms with Gasteiger partial charge < -0.3 is 5.32 Å². The minimum Gasteiger partial charge on any atom is -0.312 e. The van der Waals surface area contributed by atoms with Crippen LogP contribution in [0.15, 0.2) is 6.07 Å². The highest BCUT2D eigenvalue weighted by Gasteiger charge is 2.35. The summed E-state index contributed by atoms with van der Waals surface area (Å²) < 4.78 is 38.6. The first-order valence-corrected chi connectivity index (χ1v) is 4.72. The molecule has 0 saturated carbocycles. The molecule has 0 radical (unpaired) electrons. The zero-order valence-corrected chi connectivity index (χ0v) is 8.89. The van der Waals surface area contributed by atoms with Gasteiger partial charge in [0.25, 0.3) is 0 Å². The molecule has 15 heavy (non-hydrogen) atoms. The molecule has 3 nitrogen and oxygen atoms in total. The van der Waals surface area contributed by atoms with Crippen molar-refractivity contribution in [2.24, 2.45) is 0 Å². The second kappa shape index (κ2) is 4.22. The topological polar surface area (TPSA) is 29.9 Å². The van der Waals surface area contributed by atoms with Crippen LogP contribution in [0, 0.1) is 0 Å². The number of aryl methyl sites for hydroxylation is 1. The van der Waals surface area contributed by atoms with Gasteiger partial charge in [-0.15, -0.1) is 0 Å². The zero-order chi connectivity index (χ0) is 11.6. The van der Waals surface area contributed by atoms with Crippen molar-refractivity contribution >= 4 is 0 Å². The van der Waals surface area contributed by atoms with Crippen molar-refractivity contribution in [3.63, 3.8) is 0 Å². The van der Waals surface area contributed by atoms with Crippen molar-refractivity contribution in [2.75, 3.05) is 7.05 Å². The molecule has 0 aromatic carbocycles. The molecule has 1 aromatic heterocycles. The maximum atomic E-state index is 12.5. The Morgan fingerprint density at radius 3 is 2.47 bits per heavy atom. The highest BCUT2D eigenvalue weighted by molar-refractivity contribution is 5.16. The summed E-state index contributed by atoms with van der Waals surface area (Å²) in [5, 5.41) is 6.75. The van der Waals surface area contributed by atoms with E-state index in [1.165, 1.54) is 0 Å². The number of nitrogens with one attached hydrogen (secondary N) is 1. The van der Waals surface area contributed by atoms with Gasteiger partial charge in [-0.25, -0.2) is 0 Å². The molecule has 0 fully saturated rings. The molecule has 1 heterocycles. The van der Waals surface area contributed by atoms with Crippen LogP contribution in [0.3, 0.4) is 0 Å². The van der Waals surface area contributed by atoms with Crippen LogP contribution in [0.5, 0.6) is 0 Å². The molecular formula is C9H14F3N3. The van der Waals surface area contributed by atoms with E-state index in [1.54, 1.807) is 20.9 Å². The summed E-state index contributed by atoms with van der Waals surface area (Å²) in [6, 6.07) is 0.906. The molecule has 0 saturated heterocycles. The summed E-state index contributed by atoms with van der Waals surface area (Å²) >= 11 is 0. The minimum absolute atomic E-state index is 0.182. The smallest absolute Gasteiger partial charge is 0.312 e. The average molecular weight is 221 g/mol. The van der Waals surface area contributed by atoms with Crippen LogP contribution in [0.25, 0.3) is 0 Å². The van der Waals surface area contributed by atoms with Crippen molar-refractivity contribution in [2.45, 2.75) is 32.6 Å². The molecule has 0 aliphatic heterocycles. The van der Waals surface area contributed by atoms with Gasteiger partial charge in [0.2, 0.25) is 0 Å². The Morgan fingerprint density at radius 1 is 1.53 bits per heavy atom. The fourth-order valence-corrected chi connectivity index (χ4v) is 1.27. The molecule has 0 aliphatic carbocycles. The number of halogens is 3. The molecule has 1 rings (SSSR count). The van der Waals surface area contributed by atoms with Crippen molar-refractivity contribution in [3.05, 3.63) is 17.5 Å². The summed E-state index contributed by atoms with van der Waals surface area (Å²) in [6.45, 7) is 3.61. The number of rotatable bonds is 3. The quantitative estimate of drug-likeness (QED) is 0.848. The molecule has 0 bridgehead atoms. The standard InChI is InChI=1S/C9H14F3N3/c1-4-15-8(9(10,11)12)5-7(14-15)6(2)13-3/h5-6,13H,4H2,1-3H3. The maximum Gasteiger partial charge on any atom is 0.433 e. The van der Waals surface area contributed by atoms with Gasteiger partial charge in [-0.1, -0.05) is 0 Å². The third kappa shape index (κ3) is 2.50. The van der Waals surface area contributed by atoms with Crippen molar-refractivity contribution in [3.8, 4) is 0 Å². The van der Waals surface area contributed by atoms with Gasteiger partial charge in [0.1, 0.15) is 5.69 Å². The highest BCUT2D eigenvalue weighted by Crippen LogP contribution is 2.30. The van der Waals surface area contributed by atoms with Crippen LogP contribution in [0.4, 0.5) is 13.2 Å². The van der Waals surface area contributed by atoms with E-state index >= 15 is 0 Å². The Balaban J connectivity index is 3.11. The number of hydrogen-bond donors (Lipinski definition) is 1. The molecule has 6 heteroatoms. The third-order valence-corrected chi connectivity index (χ3v) is 2.27. The number of hydrogen-bond acceptors (Lipinski definition) is 2. The summed E-state index contributed by atoms with van der Waals surface area (Å²) in [7, 11) is 1.68. The van der Waals surface area contributed by atoms with E-state index in [1.807, 2.05) is 0 Å². The maximum absolute atomic E-state index is 12.5. The zero-order valence-electron chi connectivity index (χ0n) is 8.89. The fraction of sp³-hybridized carbons (Fsp3) is 0.667. The summed E-state index contributed by atoms with van der Waals surface area (Å²) in [4.78, 5) is 0. The van der Waals surface area contributed by atoms with Gasteiger partial charge >= 0.3 is 6.18 Å². The summed E-state index contributed by atoms with van der Waals surface area (Å²) in [5.74, 6) is 0. The predicted molar refractivity (Wildman–Crippen MR) is 50.4 cm³/mol. The van der Waals surface area contributed by atoms with Crippen LogP contribution in [0.1, 0.15) is 31.3 Å². The number of nitrogens with zero attached hydrogens (tertiary/aromatic N) is 2. The van der Waals surface area contributed by atoms with E-state index in [0.29, 0.717) is 5.69 Å². The fourth-order valence-electron chi connectivity index (χ4n) is 1.27. The van der Waals surface area contributed by atoms with E-state index in [-0.39, 0.29) is 12.6 Å². The molecule has 0 aliphatic rings. The average Bonchev–Trinajstić information content (AvgIpc) is 2.59. The van der Waals surface area contributed by atoms with Gasteiger partial charge in [-0.3, -0.25) is 4.68 Å². The van der Waals surface area contributed by atoms with Crippen LogP contribution in [-0.2, 0) is 12.7 Å². The molecule has 1 N–H and O–H groups in total. The van der Waals surface area contributed by atoms with E-state index in [4.69, 9.17) is 0 Å². The van der Waals surface area contributed by atoms with Crippen molar-refractivity contribution in [1.29, 1.82) is 0 Å². The van der Waals surface area contributed by atoms with Gasteiger partial charge in [0, 0.05) is 12.6 Å². The Labute approximate surface area is 86.3 Å². The lowest BCUT2D eigenvalue weighted by atomic mass is 10.2. The van der Waals surface area contributed by atoms with Crippen LogP contribution < -0.4 is 5.32 Å². The largest absolute Gasteiger partial charge is 0.433 e. The van der Waals surface area contributed by atoms with Gasteiger partial charge in [0.15, 0.2) is 0 Å². The summed E-state index contributed by atoms with van der Waals surface area (Å²) in [5.41, 5.74) is -0.284. The van der Waals surface area contributed by atoms with E-state index in [2.05, 4.69) is 10.4 Å². The monoisotopic (exact) mass is 221 g/mol. The lowest BCUT2D eigenvalue weighted by Gasteiger charge is -2.07. The lowest BCUT2D eigenvalue weighted by molar-refractivity contribution is -0.144. The highest BCUT2D eigenvalue weighted by atomic mass is 19.4. The summed E-state index contributed by atoms with van der Waals surface area (Å²) in [6.07, 6.45) is -4.34. The third-order valence-electron chi connectivity index (χ3n) is 2.27. The number of aromatic nitrogens is 2. The Hall–Kier alpha value is -1.04. The molecule has 1 unspecified atom stereocenters. The normalized spacial score (nSPS) is 14.3. The van der Waals surface area contributed by atoms with Gasteiger partial charge in [0.05, 0.1) is 5.69 Å². The predicted octanol–water partition coefficient (Wildman–Crippen LogP) is 2.20. The minimum atomic E-state index is -4.34. The van der Waals surface area contributed by atoms with Crippen LogP contribution in [0.2, 0.25) is 0 Å². The molecule has 1 atom stereocenters. The van der Waals surface area contributed by atoms with Crippen LogP contribution in [-0.4, -0.2) is 16.8 Å². The first-order chi connectivity index (χ1) is 6.90. The Morgan fingerprint density at radius 2 is 2.13 bits per heavy atom. The second-order valence-electron chi connectivity index (χ2n) is 3.28. The SMILES string of the molecule is CCn1nc(C(C)NC)cc1C(F)(F)F. The molecule has 0 amide bonds. The first kappa shape index (κ1) is 12.0. The molecule has 86 valence electrons. The van der Waals surface area contributed by atoms with Crippen molar-refractivity contribution < 1.29 is 13.2 Å². The van der Waals surface area contributed by atoms with E-state index in [9.17, 15) is 13.2 Å². The Kier molecular flexibility index (Phi) is 3.38. The molecular weight excluding hydrogens is 207 g/mol. The lowest BCUT2D eigenvalue weighted by Crippen LogP contribution is -2.14. The van der Waals surface area contributed by atoms with Crippen molar-refractivity contribution in [1.82, 2.24) is 15.1 Å². The first-order valence-electron chi connectivity index (χ1n) is 4.72. The number of alkyl halides is 3. The van der Waals surface area contributed by atoms with E-state index < -0.39 is 11.9 Å². The second-order valence-corrected chi connectivity index (χ2v) is 3.28. The van der Waals surface area contributed by atoms with Gasteiger partial charge in [-0.05, 0) is 27.0 Å². The van der Waals surface area contributed by atoms with E-state index in [0.717, 1.165) is 10.7 Å². The molecule has 1 aromatic rings. The van der Waals surface area contributed by atoms with Gasteiger partial charge in [-0.2, -0.15) is 18.3 Å². The molecule has 0 spiro atoms. The van der Waals surface area contributed by atoms with Crippen LogP contribution >= 0.6 is 0 Å².